The molecule has 0 fully saturated rings. The number of hydrogen-bond acceptors (Lipinski definition) is 1. The van der Waals surface area contributed by atoms with Crippen molar-refractivity contribution in [2.75, 3.05) is 6.61 Å². The predicted octanol–water partition coefficient (Wildman–Crippen LogP) is 5.70. The number of hydrogen-bond donors (Lipinski definition) is 0. The lowest BCUT2D eigenvalue weighted by atomic mass is 9.68. The van der Waals surface area contributed by atoms with Gasteiger partial charge in [-0.25, -0.2) is 0 Å². The van der Waals surface area contributed by atoms with Gasteiger partial charge < -0.3 is 4.74 Å². The summed E-state index contributed by atoms with van der Waals surface area (Å²) in [4.78, 5) is 0. The van der Waals surface area contributed by atoms with Gasteiger partial charge in [0.25, 0.3) is 0 Å². The predicted molar refractivity (Wildman–Crippen MR) is 94.0 cm³/mol. The van der Waals surface area contributed by atoms with E-state index in [1.165, 1.54) is 29.5 Å². The first-order valence-electron chi connectivity index (χ1n) is 7.86. The maximum absolute atomic E-state index is 6.23. The molecule has 1 heterocycles. The summed E-state index contributed by atoms with van der Waals surface area (Å²) >= 11 is 9.76. The molecule has 0 unspecified atom stereocenters. The normalized spacial score (nSPS) is 23.4. The van der Waals surface area contributed by atoms with E-state index in [0.717, 1.165) is 41.1 Å². The summed E-state index contributed by atoms with van der Waals surface area (Å²) in [6, 6.07) is 12.7. The Hall–Kier alpha value is -0.990. The van der Waals surface area contributed by atoms with Crippen molar-refractivity contribution in [1.29, 1.82) is 0 Å². The second kappa shape index (κ2) is 5.58. The number of halogens is 2. The Morgan fingerprint density at radius 3 is 2.82 bits per heavy atom. The van der Waals surface area contributed by atoms with Crippen molar-refractivity contribution in [3.8, 4) is 5.75 Å². The van der Waals surface area contributed by atoms with E-state index in [1.54, 1.807) is 0 Å². The molecule has 0 N–H and O–H groups in total. The van der Waals surface area contributed by atoms with Crippen molar-refractivity contribution in [2.24, 2.45) is 0 Å². The summed E-state index contributed by atoms with van der Waals surface area (Å²) in [7, 11) is 0. The Morgan fingerprint density at radius 2 is 1.91 bits per heavy atom. The van der Waals surface area contributed by atoms with Crippen LogP contribution in [0.3, 0.4) is 0 Å². The summed E-state index contributed by atoms with van der Waals surface area (Å²) in [5.74, 6) is 1.04. The molecule has 2 aromatic rings. The lowest BCUT2D eigenvalue weighted by Crippen LogP contribution is -2.36. The molecule has 1 aliphatic heterocycles. The molecule has 114 valence electrons. The minimum atomic E-state index is 0.143. The molecule has 0 aromatic heterocycles. The zero-order chi connectivity index (χ0) is 15.2. The first-order valence-corrected chi connectivity index (χ1v) is 9.04. The van der Waals surface area contributed by atoms with Crippen LogP contribution in [0.4, 0.5) is 0 Å². The van der Waals surface area contributed by atoms with Crippen LogP contribution in [0.2, 0.25) is 5.02 Å². The molecule has 1 nitrogen and oxygen atoms in total. The summed E-state index contributed by atoms with van der Waals surface area (Å²) in [6.07, 6.45) is 5.77. The Kier molecular flexibility index (Phi) is 3.70. The fourth-order valence-electron chi connectivity index (χ4n) is 3.99. The third-order valence-electron chi connectivity index (χ3n) is 5.14. The SMILES string of the molecule is Clc1ccc2c(c1)CCC[C@@]21CCc2cc(Br)ccc2OC1. The second-order valence-corrected chi connectivity index (χ2v) is 7.83. The average Bonchev–Trinajstić information content (AvgIpc) is 2.68. The van der Waals surface area contributed by atoms with E-state index in [-0.39, 0.29) is 5.41 Å². The standard InChI is InChI=1S/C19H18BrClO/c20-15-3-6-18-14(10-15)7-9-19(12-22-18)8-1-2-13-11-16(21)4-5-17(13)19/h3-6,10-11H,1-2,7-9,12H2/t19-/m0/s1. The van der Waals surface area contributed by atoms with Crippen molar-refractivity contribution in [3.63, 3.8) is 0 Å². The quantitative estimate of drug-likeness (QED) is 0.572. The fraction of sp³-hybridized carbons (Fsp3) is 0.368. The smallest absolute Gasteiger partial charge is 0.122 e. The van der Waals surface area contributed by atoms with Crippen molar-refractivity contribution in [1.82, 2.24) is 0 Å². The number of benzene rings is 2. The minimum absolute atomic E-state index is 0.143. The average molecular weight is 378 g/mol. The highest BCUT2D eigenvalue weighted by molar-refractivity contribution is 9.10. The van der Waals surface area contributed by atoms with Crippen molar-refractivity contribution in [3.05, 3.63) is 62.6 Å². The molecular weight excluding hydrogens is 360 g/mol. The largest absolute Gasteiger partial charge is 0.492 e. The lowest BCUT2D eigenvalue weighted by molar-refractivity contribution is 0.195. The fourth-order valence-corrected chi connectivity index (χ4v) is 4.60. The van der Waals surface area contributed by atoms with Crippen LogP contribution >= 0.6 is 27.5 Å². The van der Waals surface area contributed by atoms with Gasteiger partial charge in [-0.1, -0.05) is 33.6 Å². The van der Waals surface area contributed by atoms with E-state index < -0.39 is 0 Å². The molecule has 0 bridgehead atoms. The van der Waals surface area contributed by atoms with E-state index in [9.17, 15) is 0 Å². The summed E-state index contributed by atoms with van der Waals surface area (Å²) in [6.45, 7) is 0.774. The topological polar surface area (TPSA) is 9.23 Å². The van der Waals surface area contributed by atoms with Gasteiger partial charge >= 0.3 is 0 Å². The van der Waals surface area contributed by atoms with Crippen LogP contribution in [-0.4, -0.2) is 6.61 Å². The van der Waals surface area contributed by atoms with Gasteiger partial charge in [0.15, 0.2) is 0 Å². The van der Waals surface area contributed by atoms with Gasteiger partial charge in [0.05, 0.1) is 6.61 Å². The molecule has 0 saturated carbocycles. The molecule has 1 aliphatic carbocycles. The maximum Gasteiger partial charge on any atom is 0.122 e. The Balaban J connectivity index is 1.73. The second-order valence-electron chi connectivity index (χ2n) is 6.48. The molecule has 0 saturated heterocycles. The molecule has 2 aromatic carbocycles. The lowest BCUT2D eigenvalue weighted by Gasteiger charge is -2.38. The van der Waals surface area contributed by atoms with E-state index in [4.69, 9.17) is 16.3 Å². The molecule has 1 atom stereocenters. The number of ether oxygens (including phenoxy) is 1. The van der Waals surface area contributed by atoms with Crippen molar-refractivity contribution >= 4 is 27.5 Å². The van der Waals surface area contributed by atoms with Crippen LogP contribution in [0.5, 0.6) is 5.75 Å². The number of aryl methyl sites for hydroxylation is 2. The first kappa shape index (κ1) is 14.6. The molecule has 2 aliphatic rings. The molecular formula is C19H18BrClO. The first-order chi connectivity index (χ1) is 10.7. The van der Waals surface area contributed by atoms with Gasteiger partial charge in [-0.2, -0.15) is 0 Å². The van der Waals surface area contributed by atoms with Crippen LogP contribution in [-0.2, 0) is 18.3 Å². The Labute approximate surface area is 144 Å². The van der Waals surface area contributed by atoms with Gasteiger partial charge in [-0.05, 0) is 79.1 Å². The highest BCUT2D eigenvalue weighted by atomic mass is 79.9. The molecule has 22 heavy (non-hydrogen) atoms. The molecule has 1 spiro atoms. The third-order valence-corrected chi connectivity index (χ3v) is 5.87. The van der Waals surface area contributed by atoms with E-state index >= 15 is 0 Å². The summed E-state index contributed by atoms with van der Waals surface area (Å²) < 4.78 is 7.36. The van der Waals surface area contributed by atoms with E-state index in [0.29, 0.717) is 0 Å². The van der Waals surface area contributed by atoms with Gasteiger partial charge in [0, 0.05) is 14.9 Å². The highest BCUT2D eigenvalue weighted by Gasteiger charge is 2.38. The molecule has 4 rings (SSSR count). The number of fused-ring (bicyclic) bond motifs is 3. The zero-order valence-electron chi connectivity index (χ0n) is 12.4. The molecule has 3 heteroatoms. The van der Waals surface area contributed by atoms with Crippen LogP contribution < -0.4 is 4.74 Å². The maximum atomic E-state index is 6.23. The van der Waals surface area contributed by atoms with Crippen molar-refractivity contribution in [2.45, 2.75) is 37.5 Å². The van der Waals surface area contributed by atoms with Gasteiger partial charge in [0.2, 0.25) is 0 Å². The number of rotatable bonds is 0. The van der Waals surface area contributed by atoms with Crippen molar-refractivity contribution < 1.29 is 4.74 Å². The minimum Gasteiger partial charge on any atom is -0.492 e. The zero-order valence-corrected chi connectivity index (χ0v) is 14.7. The highest BCUT2D eigenvalue weighted by Crippen LogP contribution is 2.44. The van der Waals surface area contributed by atoms with Gasteiger partial charge in [-0.3, -0.25) is 0 Å². The summed E-state index contributed by atoms with van der Waals surface area (Å²) in [5.41, 5.74) is 4.32. The third kappa shape index (κ3) is 2.47. The molecule has 0 radical (unpaired) electrons. The van der Waals surface area contributed by atoms with E-state index in [2.05, 4.69) is 46.3 Å². The monoisotopic (exact) mass is 376 g/mol. The Morgan fingerprint density at radius 1 is 1.00 bits per heavy atom. The van der Waals surface area contributed by atoms with Crippen LogP contribution in [0.15, 0.2) is 40.9 Å². The van der Waals surface area contributed by atoms with E-state index in [1.807, 2.05) is 6.07 Å². The van der Waals surface area contributed by atoms with Gasteiger partial charge in [0.1, 0.15) is 5.75 Å². The van der Waals surface area contributed by atoms with Crippen LogP contribution in [0.1, 0.15) is 36.0 Å². The molecule has 0 amide bonds. The van der Waals surface area contributed by atoms with Crippen LogP contribution in [0, 0.1) is 0 Å². The van der Waals surface area contributed by atoms with Gasteiger partial charge in [-0.15, -0.1) is 0 Å². The van der Waals surface area contributed by atoms with Crippen LogP contribution in [0.25, 0.3) is 0 Å². The summed E-state index contributed by atoms with van der Waals surface area (Å²) in [5, 5.41) is 0.845. The Bertz CT molecular complexity index is 727.